The van der Waals surface area contributed by atoms with E-state index < -0.39 is 0 Å². The molecule has 0 saturated carbocycles. The second-order valence-electron chi connectivity index (χ2n) is 3.48. The number of hydrogen-bond acceptors (Lipinski definition) is 3. The van der Waals surface area contributed by atoms with Crippen LogP contribution in [0.5, 0.6) is 0 Å². The Morgan fingerprint density at radius 2 is 2.13 bits per heavy atom. The Morgan fingerprint density at radius 1 is 1.40 bits per heavy atom. The maximum Gasteiger partial charge on any atom is 0.243 e. The van der Waals surface area contributed by atoms with Crippen LogP contribution in [0, 0.1) is 13.8 Å². The molecule has 0 spiro atoms. The number of carbonyl (C=O) groups excluding carboxylic acids is 1. The lowest BCUT2D eigenvalue weighted by atomic mass is 10.4. The van der Waals surface area contributed by atoms with Gasteiger partial charge in [-0.15, -0.1) is 0 Å². The molecule has 4 nitrogen and oxygen atoms in total. The average molecular weight is 204 g/mol. The van der Waals surface area contributed by atoms with Gasteiger partial charge in [0.25, 0.3) is 0 Å². The summed E-state index contributed by atoms with van der Waals surface area (Å²) in [6, 6.07) is 3.58. The number of nitrogens with zero attached hydrogens (tertiary/aromatic N) is 2. The Balaban J connectivity index is 2.54. The van der Waals surface area contributed by atoms with Crippen molar-refractivity contribution >= 4 is 6.29 Å². The highest BCUT2D eigenvalue weighted by molar-refractivity contribution is 5.75. The monoisotopic (exact) mass is 204 g/mol. The summed E-state index contributed by atoms with van der Waals surface area (Å²) in [5.74, 6) is 1.36. The van der Waals surface area contributed by atoms with E-state index in [1.807, 2.05) is 27.0 Å². The summed E-state index contributed by atoms with van der Waals surface area (Å²) in [6.45, 7) is 3.77. The fourth-order valence-electron chi connectivity index (χ4n) is 1.44. The van der Waals surface area contributed by atoms with E-state index in [1.54, 1.807) is 10.6 Å². The van der Waals surface area contributed by atoms with E-state index in [0.717, 1.165) is 23.4 Å². The molecule has 0 aliphatic rings. The second-order valence-corrected chi connectivity index (χ2v) is 3.48. The molecule has 0 bridgehead atoms. The highest BCUT2D eigenvalue weighted by atomic mass is 16.4. The van der Waals surface area contributed by atoms with E-state index in [2.05, 4.69) is 4.98 Å². The van der Waals surface area contributed by atoms with Crippen LogP contribution in [0.4, 0.5) is 0 Å². The molecule has 0 aliphatic heterocycles. The van der Waals surface area contributed by atoms with Crippen LogP contribution in [0.1, 0.15) is 21.9 Å². The van der Waals surface area contributed by atoms with E-state index in [0.29, 0.717) is 11.6 Å². The summed E-state index contributed by atoms with van der Waals surface area (Å²) in [5.41, 5.74) is 2.30. The Hall–Kier alpha value is -1.84. The maximum absolute atomic E-state index is 10.7. The molecule has 0 amide bonds. The van der Waals surface area contributed by atoms with Gasteiger partial charge < -0.3 is 8.98 Å². The average Bonchev–Trinajstić information content (AvgIpc) is 2.71. The molecule has 0 atom stereocenters. The van der Waals surface area contributed by atoms with Gasteiger partial charge >= 0.3 is 0 Å². The molecule has 0 radical (unpaired) electrons. The summed E-state index contributed by atoms with van der Waals surface area (Å²) in [5, 5.41) is 0. The topological polar surface area (TPSA) is 48.0 Å². The van der Waals surface area contributed by atoms with Crippen molar-refractivity contribution < 1.29 is 9.21 Å². The molecule has 0 fully saturated rings. The predicted octanol–water partition coefficient (Wildman–Crippen LogP) is 2.11. The SMILES string of the molecule is Cc1nc(-c2ccc(C=O)n2C)oc1C. The lowest BCUT2D eigenvalue weighted by Gasteiger charge is -1.99. The quantitative estimate of drug-likeness (QED) is 0.704. The number of hydrogen-bond donors (Lipinski definition) is 0. The van der Waals surface area contributed by atoms with Gasteiger partial charge in [0.05, 0.1) is 11.4 Å². The molecule has 0 aromatic carbocycles. The first-order chi connectivity index (χ1) is 7.13. The normalized spacial score (nSPS) is 10.6. The van der Waals surface area contributed by atoms with Crippen molar-refractivity contribution in [1.82, 2.24) is 9.55 Å². The Morgan fingerprint density at radius 3 is 2.60 bits per heavy atom. The Bertz CT molecular complexity index is 489. The third-order valence-corrected chi connectivity index (χ3v) is 2.53. The molecule has 2 heterocycles. The lowest BCUT2D eigenvalue weighted by molar-refractivity contribution is 0.111. The molecule has 2 aromatic rings. The fraction of sp³-hybridized carbons (Fsp3) is 0.273. The van der Waals surface area contributed by atoms with Crippen LogP contribution < -0.4 is 0 Å². The molecule has 0 N–H and O–H groups in total. The van der Waals surface area contributed by atoms with Gasteiger partial charge in [-0.05, 0) is 26.0 Å². The minimum atomic E-state index is 0.556. The van der Waals surface area contributed by atoms with Crippen LogP contribution in [-0.2, 0) is 7.05 Å². The molecule has 0 unspecified atom stereocenters. The van der Waals surface area contributed by atoms with Gasteiger partial charge in [0.15, 0.2) is 6.29 Å². The number of oxazole rings is 1. The molecule has 0 saturated heterocycles. The first-order valence-corrected chi connectivity index (χ1v) is 4.68. The highest BCUT2D eigenvalue weighted by Gasteiger charge is 2.12. The zero-order chi connectivity index (χ0) is 11.0. The molecule has 4 heteroatoms. The van der Waals surface area contributed by atoms with E-state index in [1.165, 1.54) is 0 Å². The van der Waals surface area contributed by atoms with Gasteiger partial charge in [0.2, 0.25) is 5.89 Å². The van der Waals surface area contributed by atoms with Gasteiger partial charge in [-0.1, -0.05) is 0 Å². The van der Waals surface area contributed by atoms with Gasteiger partial charge in [-0.25, -0.2) is 4.98 Å². The third-order valence-electron chi connectivity index (χ3n) is 2.53. The van der Waals surface area contributed by atoms with Crippen molar-refractivity contribution in [3.8, 4) is 11.6 Å². The van der Waals surface area contributed by atoms with Crippen molar-refractivity contribution in [1.29, 1.82) is 0 Å². The Labute approximate surface area is 87.5 Å². The van der Waals surface area contributed by atoms with E-state index >= 15 is 0 Å². The molecule has 78 valence electrons. The zero-order valence-electron chi connectivity index (χ0n) is 8.94. The molecular formula is C11H12N2O2. The number of carbonyl (C=O) groups is 1. The highest BCUT2D eigenvalue weighted by Crippen LogP contribution is 2.22. The number of rotatable bonds is 2. The fourth-order valence-corrected chi connectivity index (χ4v) is 1.44. The second kappa shape index (κ2) is 3.38. The molecule has 0 aliphatic carbocycles. The van der Waals surface area contributed by atoms with Crippen molar-refractivity contribution in [2.45, 2.75) is 13.8 Å². The van der Waals surface area contributed by atoms with Crippen molar-refractivity contribution in [2.75, 3.05) is 0 Å². The van der Waals surface area contributed by atoms with Crippen molar-refractivity contribution in [3.63, 3.8) is 0 Å². The Kier molecular flexibility index (Phi) is 2.19. The lowest BCUT2D eigenvalue weighted by Crippen LogP contribution is -1.96. The summed E-state index contributed by atoms with van der Waals surface area (Å²) in [4.78, 5) is 15.0. The van der Waals surface area contributed by atoms with E-state index in [9.17, 15) is 4.79 Å². The van der Waals surface area contributed by atoms with E-state index in [-0.39, 0.29) is 0 Å². The maximum atomic E-state index is 10.7. The van der Waals surface area contributed by atoms with Crippen LogP contribution in [0.3, 0.4) is 0 Å². The number of aromatic nitrogens is 2. The minimum Gasteiger partial charge on any atom is -0.440 e. The zero-order valence-corrected chi connectivity index (χ0v) is 8.94. The van der Waals surface area contributed by atoms with Crippen LogP contribution in [0.15, 0.2) is 16.5 Å². The third kappa shape index (κ3) is 1.48. The van der Waals surface area contributed by atoms with Crippen LogP contribution >= 0.6 is 0 Å². The summed E-state index contributed by atoms with van der Waals surface area (Å²) >= 11 is 0. The first kappa shape index (κ1) is 9.71. The van der Waals surface area contributed by atoms with Crippen molar-refractivity contribution in [2.24, 2.45) is 7.05 Å². The molecular weight excluding hydrogens is 192 g/mol. The number of aldehydes is 1. The standard InChI is InChI=1S/C11H12N2O2/c1-7-8(2)15-11(12-7)10-5-4-9(6-14)13(10)3/h4-6H,1-3H3. The van der Waals surface area contributed by atoms with Crippen molar-refractivity contribution in [3.05, 3.63) is 29.3 Å². The molecule has 15 heavy (non-hydrogen) atoms. The summed E-state index contributed by atoms with van der Waals surface area (Å²) < 4.78 is 7.25. The van der Waals surface area contributed by atoms with Gasteiger partial charge in [0, 0.05) is 7.05 Å². The van der Waals surface area contributed by atoms with Gasteiger partial charge in [0.1, 0.15) is 11.5 Å². The molecule has 2 rings (SSSR count). The summed E-state index contributed by atoms with van der Waals surface area (Å²) in [7, 11) is 1.81. The first-order valence-electron chi connectivity index (χ1n) is 4.68. The van der Waals surface area contributed by atoms with Crippen LogP contribution in [-0.4, -0.2) is 15.8 Å². The smallest absolute Gasteiger partial charge is 0.243 e. The molecule has 2 aromatic heterocycles. The van der Waals surface area contributed by atoms with Crippen LogP contribution in [0.2, 0.25) is 0 Å². The minimum absolute atomic E-state index is 0.556. The van der Waals surface area contributed by atoms with Gasteiger partial charge in [-0.2, -0.15) is 0 Å². The largest absolute Gasteiger partial charge is 0.440 e. The predicted molar refractivity (Wildman–Crippen MR) is 55.8 cm³/mol. The van der Waals surface area contributed by atoms with Crippen LogP contribution in [0.25, 0.3) is 11.6 Å². The summed E-state index contributed by atoms with van der Waals surface area (Å²) in [6.07, 6.45) is 0.812. The van der Waals surface area contributed by atoms with Gasteiger partial charge in [-0.3, -0.25) is 4.79 Å². The van der Waals surface area contributed by atoms with E-state index in [4.69, 9.17) is 4.42 Å². The number of aryl methyl sites for hydroxylation is 2.